The van der Waals surface area contributed by atoms with Crippen molar-refractivity contribution >= 4 is 27.8 Å². The Bertz CT molecular complexity index is 467. The molecule has 0 aromatic carbocycles. The Kier molecular flexibility index (Phi) is 4.13. The number of carbonyl (C=O) groups is 1. The van der Waals surface area contributed by atoms with E-state index in [1.54, 1.807) is 11.1 Å². The summed E-state index contributed by atoms with van der Waals surface area (Å²) in [5.41, 5.74) is -0.495. The van der Waals surface area contributed by atoms with Crippen LogP contribution in [0.5, 0.6) is 0 Å². The summed E-state index contributed by atoms with van der Waals surface area (Å²) in [7, 11) is 0. The van der Waals surface area contributed by atoms with Gasteiger partial charge in [0, 0.05) is 17.2 Å². The van der Waals surface area contributed by atoms with Gasteiger partial charge >= 0.3 is 6.09 Å². The number of amides is 1. The number of ether oxygens (including phenoxy) is 1. The minimum atomic E-state index is -0.495. The summed E-state index contributed by atoms with van der Waals surface area (Å²) >= 11 is 3.40. The molecule has 1 aliphatic carbocycles. The molecule has 0 atom stereocenters. The fourth-order valence-corrected chi connectivity index (χ4v) is 2.00. The highest BCUT2D eigenvalue weighted by Gasteiger charge is 2.31. The molecule has 0 bridgehead atoms. The van der Waals surface area contributed by atoms with Crippen molar-refractivity contribution < 1.29 is 9.53 Å². The van der Waals surface area contributed by atoms with Crippen LogP contribution in [0.15, 0.2) is 22.8 Å². The zero-order valence-corrected chi connectivity index (χ0v) is 13.1. The van der Waals surface area contributed by atoms with Crippen molar-refractivity contribution in [1.82, 2.24) is 4.98 Å². The predicted molar refractivity (Wildman–Crippen MR) is 78.2 cm³/mol. The Morgan fingerprint density at radius 3 is 2.74 bits per heavy atom. The van der Waals surface area contributed by atoms with Gasteiger partial charge in [-0.2, -0.15) is 0 Å². The molecule has 1 heterocycles. The van der Waals surface area contributed by atoms with Crippen molar-refractivity contribution in [1.29, 1.82) is 0 Å². The van der Waals surface area contributed by atoms with E-state index in [9.17, 15) is 4.79 Å². The fourth-order valence-electron chi connectivity index (χ4n) is 1.68. The number of pyridine rings is 1. The molecular weight excluding hydrogens is 308 g/mol. The maximum Gasteiger partial charge on any atom is 0.416 e. The van der Waals surface area contributed by atoms with Gasteiger partial charge in [0.15, 0.2) is 0 Å². The normalized spacial score (nSPS) is 15.2. The first kappa shape index (κ1) is 14.3. The van der Waals surface area contributed by atoms with Crippen molar-refractivity contribution in [2.24, 2.45) is 5.92 Å². The standard InChI is InChI=1S/C14H19BrN2O2/c1-14(2,3)19-13(18)17(9-10-4-5-10)12-8-11(15)6-7-16-12/h6-8,10H,4-5,9H2,1-3H3. The number of hydrogen-bond acceptors (Lipinski definition) is 3. The van der Waals surface area contributed by atoms with Gasteiger partial charge in [0.2, 0.25) is 0 Å². The topological polar surface area (TPSA) is 42.4 Å². The molecule has 1 aromatic heterocycles. The number of anilines is 1. The Balaban J connectivity index is 2.17. The van der Waals surface area contributed by atoms with Gasteiger partial charge in [-0.3, -0.25) is 4.90 Å². The molecule has 0 unspecified atom stereocenters. The molecule has 0 aliphatic heterocycles. The molecule has 1 aromatic rings. The highest BCUT2D eigenvalue weighted by atomic mass is 79.9. The third-order valence-electron chi connectivity index (χ3n) is 2.74. The van der Waals surface area contributed by atoms with Crippen LogP contribution < -0.4 is 4.90 Å². The Hall–Kier alpha value is -1.10. The molecule has 0 spiro atoms. The molecule has 1 aliphatic rings. The van der Waals surface area contributed by atoms with Crippen LogP contribution in [0.3, 0.4) is 0 Å². The van der Waals surface area contributed by atoms with Gasteiger partial charge in [-0.05, 0) is 51.7 Å². The zero-order valence-electron chi connectivity index (χ0n) is 11.5. The number of nitrogens with zero attached hydrogens (tertiary/aromatic N) is 2. The average molecular weight is 327 g/mol. The highest BCUT2D eigenvalue weighted by molar-refractivity contribution is 9.10. The van der Waals surface area contributed by atoms with E-state index in [1.165, 1.54) is 12.8 Å². The lowest BCUT2D eigenvalue weighted by Gasteiger charge is -2.26. The third kappa shape index (κ3) is 4.49. The molecule has 0 radical (unpaired) electrons. The molecule has 0 N–H and O–H groups in total. The van der Waals surface area contributed by atoms with E-state index in [4.69, 9.17) is 4.74 Å². The molecule has 1 saturated carbocycles. The van der Waals surface area contributed by atoms with E-state index in [0.29, 0.717) is 18.3 Å². The van der Waals surface area contributed by atoms with Crippen molar-refractivity contribution in [3.05, 3.63) is 22.8 Å². The lowest BCUT2D eigenvalue weighted by Crippen LogP contribution is -2.38. The van der Waals surface area contributed by atoms with Gasteiger partial charge in [0.05, 0.1) is 0 Å². The van der Waals surface area contributed by atoms with E-state index in [0.717, 1.165) is 4.47 Å². The van der Waals surface area contributed by atoms with Crippen molar-refractivity contribution in [3.63, 3.8) is 0 Å². The smallest absolute Gasteiger partial charge is 0.416 e. The molecule has 0 saturated heterocycles. The highest BCUT2D eigenvalue weighted by Crippen LogP contribution is 2.32. The minimum Gasteiger partial charge on any atom is -0.443 e. The maximum absolute atomic E-state index is 12.3. The lowest BCUT2D eigenvalue weighted by molar-refractivity contribution is 0.0577. The van der Waals surface area contributed by atoms with Gasteiger partial charge in [-0.15, -0.1) is 0 Å². The average Bonchev–Trinajstić information content (AvgIpc) is 3.07. The summed E-state index contributed by atoms with van der Waals surface area (Å²) < 4.78 is 6.36. The van der Waals surface area contributed by atoms with Gasteiger partial charge in [0.25, 0.3) is 0 Å². The van der Waals surface area contributed by atoms with E-state index < -0.39 is 5.60 Å². The minimum absolute atomic E-state index is 0.329. The van der Waals surface area contributed by atoms with Crippen molar-refractivity contribution in [2.75, 3.05) is 11.4 Å². The van der Waals surface area contributed by atoms with Gasteiger partial charge in [-0.1, -0.05) is 15.9 Å². The Morgan fingerprint density at radius 2 is 2.21 bits per heavy atom. The molecule has 104 valence electrons. The summed E-state index contributed by atoms with van der Waals surface area (Å²) in [6.45, 7) is 6.29. The van der Waals surface area contributed by atoms with Crippen molar-refractivity contribution in [2.45, 2.75) is 39.2 Å². The van der Waals surface area contributed by atoms with Crippen LogP contribution in [-0.4, -0.2) is 23.2 Å². The molecule has 1 fully saturated rings. The molecule has 19 heavy (non-hydrogen) atoms. The first-order valence-electron chi connectivity index (χ1n) is 6.47. The number of halogens is 1. The first-order valence-corrected chi connectivity index (χ1v) is 7.26. The van der Waals surface area contributed by atoms with Crippen LogP contribution in [0.1, 0.15) is 33.6 Å². The number of carbonyl (C=O) groups excluding carboxylic acids is 1. The second-order valence-corrected chi connectivity index (χ2v) is 6.78. The number of rotatable bonds is 3. The van der Waals surface area contributed by atoms with Crippen LogP contribution in [-0.2, 0) is 4.74 Å². The van der Waals surface area contributed by atoms with Crippen LogP contribution in [0.4, 0.5) is 10.6 Å². The molecule has 5 heteroatoms. The van der Waals surface area contributed by atoms with E-state index in [2.05, 4.69) is 20.9 Å². The third-order valence-corrected chi connectivity index (χ3v) is 3.23. The van der Waals surface area contributed by atoms with Crippen LogP contribution in [0.2, 0.25) is 0 Å². The van der Waals surface area contributed by atoms with E-state index in [1.807, 2.05) is 32.9 Å². The fraction of sp³-hybridized carbons (Fsp3) is 0.571. The summed E-state index contributed by atoms with van der Waals surface area (Å²) in [5.74, 6) is 1.21. The zero-order chi connectivity index (χ0) is 14.0. The Morgan fingerprint density at radius 1 is 1.53 bits per heavy atom. The second kappa shape index (κ2) is 5.49. The quantitative estimate of drug-likeness (QED) is 0.843. The largest absolute Gasteiger partial charge is 0.443 e. The van der Waals surface area contributed by atoms with Crippen molar-refractivity contribution in [3.8, 4) is 0 Å². The van der Waals surface area contributed by atoms with Gasteiger partial charge < -0.3 is 4.74 Å². The lowest BCUT2D eigenvalue weighted by atomic mass is 10.2. The molecule has 1 amide bonds. The van der Waals surface area contributed by atoms with Crippen LogP contribution in [0.25, 0.3) is 0 Å². The molecular formula is C14H19BrN2O2. The van der Waals surface area contributed by atoms with E-state index >= 15 is 0 Å². The first-order chi connectivity index (χ1) is 8.85. The van der Waals surface area contributed by atoms with E-state index in [-0.39, 0.29) is 6.09 Å². The number of aromatic nitrogens is 1. The summed E-state index contributed by atoms with van der Waals surface area (Å²) in [6, 6.07) is 3.68. The van der Waals surface area contributed by atoms with Gasteiger partial charge in [0.1, 0.15) is 11.4 Å². The maximum atomic E-state index is 12.3. The van der Waals surface area contributed by atoms with Gasteiger partial charge in [-0.25, -0.2) is 9.78 Å². The summed E-state index contributed by atoms with van der Waals surface area (Å²) in [6.07, 6.45) is 3.70. The second-order valence-electron chi connectivity index (χ2n) is 5.87. The van der Waals surface area contributed by atoms with Crippen LogP contribution in [0, 0.1) is 5.92 Å². The number of hydrogen-bond donors (Lipinski definition) is 0. The predicted octanol–water partition coefficient (Wildman–Crippen LogP) is 4.00. The monoisotopic (exact) mass is 326 g/mol. The Labute approximate surface area is 122 Å². The summed E-state index contributed by atoms with van der Waals surface area (Å²) in [5, 5.41) is 0. The summed E-state index contributed by atoms with van der Waals surface area (Å²) in [4.78, 5) is 18.2. The SMILES string of the molecule is CC(C)(C)OC(=O)N(CC1CC1)c1cc(Br)ccn1. The molecule has 4 nitrogen and oxygen atoms in total. The van der Waals surface area contributed by atoms with Crippen LogP contribution >= 0.6 is 15.9 Å². The molecule has 2 rings (SSSR count).